The second-order valence-electron chi connectivity index (χ2n) is 7.02. The molecule has 7 nitrogen and oxygen atoms in total. The molecule has 1 amide bonds. The van der Waals surface area contributed by atoms with E-state index in [0.29, 0.717) is 6.54 Å². The van der Waals surface area contributed by atoms with Crippen molar-refractivity contribution >= 4 is 38.4 Å². The zero-order valence-electron chi connectivity index (χ0n) is 17.6. The van der Waals surface area contributed by atoms with Gasteiger partial charge in [0.2, 0.25) is 10.0 Å². The zero-order valence-corrected chi connectivity index (χ0v) is 18.4. The summed E-state index contributed by atoms with van der Waals surface area (Å²) in [5.41, 5.74) is 0.915. The molecule has 0 aliphatic heterocycles. The topological polar surface area (TPSA) is 84.0 Å². The van der Waals surface area contributed by atoms with Crippen LogP contribution in [0.2, 0.25) is 0 Å². The van der Waals surface area contributed by atoms with Crippen LogP contribution >= 0.6 is 0 Å². The molecule has 162 valence electrons. The Morgan fingerprint density at radius 2 is 1.55 bits per heavy atom. The molecule has 0 spiro atoms. The highest BCUT2D eigenvalue weighted by Crippen LogP contribution is 2.26. The van der Waals surface area contributed by atoms with Gasteiger partial charge in [0.15, 0.2) is 6.61 Å². The third kappa shape index (κ3) is 4.76. The fraction of sp³-hybridized carbons (Fsp3) is 0.217. The lowest BCUT2D eigenvalue weighted by Crippen LogP contribution is -2.34. The van der Waals surface area contributed by atoms with Crippen molar-refractivity contribution in [1.29, 1.82) is 0 Å². The fourth-order valence-electron chi connectivity index (χ4n) is 3.19. The summed E-state index contributed by atoms with van der Waals surface area (Å²) in [7, 11) is -0.730. The Bertz CT molecular complexity index is 1200. The number of likely N-dealkylation sites (N-methyl/N-ethyl adjacent to an activating group) is 1. The van der Waals surface area contributed by atoms with E-state index < -0.39 is 22.6 Å². The Hall–Kier alpha value is -3.23. The van der Waals surface area contributed by atoms with Crippen molar-refractivity contribution in [3.63, 3.8) is 0 Å². The van der Waals surface area contributed by atoms with Gasteiger partial charge in [-0.05, 0) is 42.6 Å². The minimum absolute atomic E-state index is 0.0678. The number of benzene rings is 3. The van der Waals surface area contributed by atoms with E-state index >= 15 is 0 Å². The average Bonchev–Trinajstić information content (AvgIpc) is 2.78. The Labute approximate surface area is 181 Å². The van der Waals surface area contributed by atoms with Crippen molar-refractivity contribution in [3.05, 3.63) is 72.3 Å². The van der Waals surface area contributed by atoms with Crippen molar-refractivity contribution in [1.82, 2.24) is 4.31 Å². The van der Waals surface area contributed by atoms with Gasteiger partial charge in [-0.2, -0.15) is 0 Å². The van der Waals surface area contributed by atoms with Crippen LogP contribution in [0, 0.1) is 0 Å². The number of esters is 1. The highest BCUT2D eigenvalue weighted by atomic mass is 32.2. The van der Waals surface area contributed by atoms with Crippen molar-refractivity contribution < 1.29 is 22.7 Å². The van der Waals surface area contributed by atoms with Crippen molar-refractivity contribution in [3.8, 4) is 0 Å². The van der Waals surface area contributed by atoms with E-state index in [1.165, 1.54) is 38.4 Å². The van der Waals surface area contributed by atoms with Gasteiger partial charge in [-0.1, -0.05) is 36.4 Å². The van der Waals surface area contributed by atoms with Crippen LogP contribution in [-0.4, -0.2) is 51.8 Å². The first-order valence-electron chi connectivity index (χ1n) is 9.73. The molecular weight excluding hydrogens is 416 g/mol. The monoisotopic (exact) mass is 440 g/mol. The van der Waals surface area contributed by atoms with Gasteiger partial charge in [-0.3, -0.25) is 4.79 Å². The van der Waals surface area contributed by atoms with Gasteiger partial charge in [0.05, 0.1) is 16.1 Å². The number of sulfonamides is 1. The van der Waals surface area contributed by atoms with E-state index in [4.69, 9.17) is 4.74 Å². The van der Waals surface area contributed by atoms with E-state index in [-0.39, 0.29) is 16.4 Å². The molecule has 0 bridgehead atoms. The molecule has 0 radical (unpaired) electrons. The zero-order chi connectivity index (χ0) is 22.6. The summed E-state index contributed by atoms with van der Waals surface area (Å²) in [5, 5.41) is 1.94. The summed E-state index contributed by atoms with van der Waals surface area (Å²) < 4.78 is 30.5. The van der Waals surface area contributed by atoms with Gasteiger partial charge in [0.1, 0.15) is 0 Å². The lowest BCUT2D eigenvalue weighted by atomic mass is 10.1. The standard InChI is InChI=1S/C23H24N2O5S/c1-4-25(21-11-7-9-17-8-5-6-10-20(17)21)22(26)16-30-23(27)18-12-14-19(15-13-18)31(28,29)24(2)3/h5-15H,4,16H2,1-3H3. The number of carbonyl (C=O) groups is 2. The van der Waals surface area contributed by atoms with Gasteiger partial charge in [0, 0.05) is 26.0 Å². The quantitative estimate of drug-likeness (QED) is 0.527. The molecule has 31 heavy (non-hydrogen) atoms. The number of fused-ring (bicyclic) bond motifs is 1. The van der Waals surface area contributed by atoms with Crippen LogP contribution in [0.4, 0.5) is 5.69 Å². The summed E-state index contributed by atoms with van der Waals surface area (Å²) >= 11 is 0. The molecule has 8 heteroatoms. The van der Waals surface area contributed by atoms with Crippen molar-refractivity contribution in [2.24, 2.45) is 0 Å². The molecule has 0 saturated heterocycles. The maximum absolute atomic E-state index is 12.8. The van der Waals surface area contributed by atoms with E-state index in [0.717, 1.165) is 20.8 Å². The molecule has 3 aromatic carbocycles. The largest absolute Gasteiger partial charge is 0.452 e. The normalized spacial score (nSPS) is 11.5. The van der Waals surface area contributed by atoms with Crippen LogP contribution in [-0.2, 0) is 19.6 Å². The SMILES string of the molecule is CCN(C(=O)COC(=O)c1ccc(S(=O)(=O)N(C)C)cc1)c1cccc2ccccc12. The summed E-state index contributed by atoms with van der Waals surface area (Å²) in [6, 6.07) is 18.9. The number of hydrogen-bond acceptors (Lipinski definition) is 5. The first kappa shape index (κ1) is 22.5. The van der Waals surface area contributed by atoms with Crippen LogP contribution < -0.4 is 4.90 Å². The number of amides is 1. The summed E-state index contributed by atoms with van der Waals surface area (Å²) in [5.74, 6) is -1.05. The first-order chi connectivity index (χ1) is 14.8. The Balaban J connectivity index is 1.71. The molecule has 0 fully saturated rings. The van der Waals surface area contributed by atoms with Crippen LogP contribution in [0.15, 0.2) is 71.6 Å². The van der Waals surface area contributed by atoms with E-state index in [9.17, 15) is 18.0 Å². The van der Waals surface area contributed by atoms with Crippen LogP contribution in [0.25, 0.3) is 10.8 Å². The van der Waals surface area contributed by atoms with Crippen LogP contribution in [0.1, 0.15) is 17.3 Å². The molecule has 0 aromatic heterocycles. The third-order valence-electron chi connectivity index (χ3n) is 4.87. The average molecular weight is 441 g/mol. The molecule has 3 aromatic rings. The number of nitrogens with zero attached hydrogens (tertiary/aromatic N) is 2. The van der Waals surface area contributed by atoms with Gasteiger partial charge < -0.3 is 9.64 Å². The molecule has 0 saturated carbocycles. The molecule has 0 N–H and O–H groups in total. The van der Waals surface area contributed by atoms with Gasteiger partial charge >= 0.3 is 5.97 Å². The molecule has 0 aliphatic rings. The lowest BCUT2D eigenvalue weighted by Gasteiger charge is -2.22. The highest BCUT2D eigenvalue weighted by molar-refractivity contribution is 7.89. The maximum Gasteiger partial charge on any atom is 0.338 e. The highest BCUT2D eigenvalue weighted by Gasteiger charge is 2.20. The summed E-state index contributed by atoms with van der Waals surface area (Å²) in [6.07, 6.45) is 0. The summed E-state index contributed by atoms with van der Waals surface area (Å²) in [4.78, 5) is 26.8. The second-order valence-corrected chi connectivity index (χ2v) is 9.18. The first-order valence-corrected chi connectivity index (χ1v) is 11.2. The number of hydrogen-bond donors (Lipinski definition) is 0. The predicted octanol–water partition coefficient (Wildman–Crippen LogP) is 3.30. The second kappa shape index (κ2) is 9.28. The van der Waals surface area contributed by atoms with Crippen molar-refractivity contribution in [2.45, 2.75) is 11.8 Å². The van der Waals surface area contributed by atoms with E-state index in [1.54, 1.807) is 4.90 Å². The van der Waals surface area contributed by atoms with Crippen LogP contribution in [0.3, 0.4) is 0 Å². The molecular formula is C23H24N2O5S. The number of ether oxygens (including phenoxy) is 1. The van der Waals surface area contributed by atoms with E-state index in [2.05, 4.69) is 0 Å². The van der Waals surface area contributed by atoms with Crippen molar-refractivity contribution in [2.75, 3.05) is 32.1 Å². The molecule has 0 atom stereocenters. The number of anilines is 1. The fourth-order valence-corrected chi connectivity index (χ4v) is 4.09. The Kier molecular flexibility index (Phi) is 6.72. The minimum Gasteiger partial charge on any atom is -0.452 e. The smallest absolute Gasteiger partial charge is 0.338 e. The summed E-state index contributed by atoms with van der Waals surface area (Å²) in [6.45, 7) is 1.85. The Morgan fingerprint density at radius 1 is 0.903 bits per heavy atom. The predicted molar refractivity (Wildman–Crippen MR) is 120 cm³/mol. The number of rotatable bonds is 7. The van der Waals surface area contributed by atoms with Gasteiger partial charge in [-0.15, -0.1) is 0 Å². The molecule has 0 aliphatic carbocycles. The lowest BCUT2D eigenvalue weighted by molar-refractivity contribution is -0.121. The van der Waals surface area contributed by atoms with Gasteiger partial charge in [0.25, 0.3) is 5.91 Å². The van der Waals surface area contributed by atoms with E-state index in [1.807, 2.05) is 49.4 Å². The maximum atomic E-state index is 12.8. The molecule has 0 heterocycles. The molecule has 3 rings (SSSR count). The molecule has 0 unspecified atom stereocenters. The Morgan fingerprint density at radius 3 is 2.19 bits per heavy atom. The van der Waals surface area contributed by atoms with Gasteiger partial charge in [-0.25, -0.2) is 17.5 Å². The van der Waals surface area contributed by atoms with Crippen LogP contribution in [0.5, 0.6) is 0 Å². The minimum atomic E-state index is -3.59. The third-order valence-corrected chi connectivity index (χ3v) is 6.70. The number of carbonyl (C=O) groups excluding carboxylic acids is 2.